The minimum atomic E-state index is -0.371. The van der Waals surface area contributed by atoms with Crippen molar-refractivity contribution in [3.63, 3.8) is 0 Å². The van der Waals surface area contributed by atoms with Crippen molar-refractivity contribution in [2.24, 2.45) is 0 Å². The van der Waals surface area contributed by atoms with Crippen LogP contribution in [-0.2, 0) is 9.59 Å². The molecule has 1 aliphatic rings. The van der Waals surface area contributed by atoms with Gasteiger partial charge in [-0.3, -0.25) is 28.8 Å². The number of thioether (sulfide) groups is 2. The Kier molecular flexibility index (Phi) is 7.43. The number of hydrogen-bond acceptors (Lipinski definition) is 8. The van der Waals surface area contributed by atoms with Gasteiger partial charge < -0.3 is 5.32 Å². The third kappa shape index (κ3) is 5.54. The first-order chi connectivity index (χ1) is 16.4. The van der Waals surface area contributed by atoms with Crippen LogP contribution in [0.3, 0.4) is 0 Å². The molecule has 0 spiro atoms. The number of imide groups is 1. The third-order valence-corrected chi connectivity index (χ3v) is 6.74. The number of carbonyl (C=O) groups is 3. The van der Waals surface area contributed by atoms with Crippen LogP contribution in [0.5, 0.6) is 0 Å². The van der Waals surface area contributed by atoms with Crippen molar-refractivity contribution in [3.05, 3.63) is 70.6 Å². The molecule has 0 atom stereocenters. The molecule has 34 heavy (non-hydrogen) atoms. The second-order valence-electron chi connectivity index (χ2n) is 7.46. The Hall–Kier alpha value is -3.44. The van der Waals surface area contributed by atoms with Gasteiger partial charge in [0.15, 0.2) is 5.16 Å². The van der Waals surface area contributed by atoms with Crippen LogP contribution in [0.2, 0.25) is 0 Å². The predicted octanol–water partition coefficient (Wildman–Crippen LogP) is 3.22. The molecule has 1 N–H and O–H groups in total. The van der Waals surface area contributed by atoms with E-state index in [4.69, 9.17) is 0 Å². The van der Waals surface area contributed by atoms with Gasteiger partial charge in [-0.2, -0.15) is 0 Å². The number of aryl methyl sites for hydroxylation is 2. The fourth-order valence-electron chi connectivity index (χ4n) is 3.29. The fraction of sp³-hybridized carbons (Fsp3) is 0.217. The number of hydrogen-bond donors (Lipinski definition) is 1. The predicted molar refractivity (Wildman–Crippen MR) is 131 cm³/mol. The van der Waals surface area contributed by atoms with E-state index in [1.165, 1.54) is 11.8 Å². The molecule has 3 aromatic rings. The van der Waals surface area contributed by atoms with Gasteiger partial charge in [0.05, 0.1) is 10.7 Å². The van der Waals surface area contributed by atoms with Gasteiger partial charge in [-0.05, 0) is 61.0 Å². The van der Waals surface area contributed by atoms with E-state index in [0.717, 1.165) is 39.3 Å². The van der Waals surface area contributed by atoms with Crippen LogP contribution in [0.1, 0.15) is 17.0 Å². The van der Waals surface area contributed by atoms with E-state index in [9.17, 15) is 14.4 Å². The van der Waals surface area contributed by atoms with Crippen molar-refractivity contribution in [1.82, 2.24) is 30.0 Å². The van der Waals surface area contributed by atoms with Gasteiger partial charge in [0, 0.05) is 31.2 Å². The minimum absolute atomic E-state index is 0.101. The zero-order valence-electron chi connectivity index (χ0n) is 18.6. The van der Waals surface area contributed by atoms with E-state index in [-0.39, 0.29) is 35.9 Å². The van der Waals surface area contributed by atoms with Crippen molar-refractivity contribution in [3.8, 4) is 5.69 Å². The number of pyridine rings is 1. The first-order valence-electron chi connectivity index (χ1n) is 10.5. The summed E-state index contributed by atoms with van der Waals surface area (Å²) in [5, 5.41) is 11.3. The van der Waals surface area contributed by atoms with E-state index >= 15 is 0 Å². The van der Waals surface area contributed by atoms with Gasteiger partial charge >= 0.3 is 0 Å². The Labute approximate surface area is 205 Å². The quantitative estimate of drug-likeness (QED) is 0.375. The molecule has 0 bridgehead atoms. The zero-order valence-corrected chi connectivity index (χ0v) is 20.2. The second-order valence-corrected chi connectivity index (χ2v) is 9.40. The monoisotopic (exact) mass is 494 g/mol. The maximum Gasteiger partial charge on any atom is 0.293 e. The van der Waals surface area contributed by atoms with E-state index in [1.54, 1.807) is 30.6 Å². The molecule has 9 nitrogen and oxygen atoms in total. The number of carbonyl (C=O) groups excluding carboxylic acids is 3. The first-order valence-corrected chi connectivity index (χ1v) is 12.3. The average molecular weight is 495 g/mol. The lowest BCUT2D eigenvalue weighted by atomic mass is 10.2. The lowest BCUT2D eigenvalue weighted by molar-refractivity contribution is -0.123. The number of nitrogens with one attached hydrogen (secondary N) is 1. The van der Waals surface area contributed by atoms with Gasteiger partial charge in [0.2, 0.25) is 5.91 Å². The third-order valence-electron chi connectivity index (χ3n) is 4.90. The molecule has 0 unspecified atom stereocenters. The molecule has 11 heteroatoms. The molecule has 0 radical (unpaired) electrons. The number of nitrogens with zero attached hydrogens (tertiary/aromatic N) is 5. The van der Waals surface area contributed by atoms with Gasteiger partial charge in [-0.1, -0.05) is 30.0 Å². The van der Waals surface area contributed by atoms with E-state index in [2.05, 4.69) is 20.5 Å². The number of benzene rings is 1. The molecule has 3 heterocycles. The second kappa shape index (κ2) is 10.7. The average Bonchev–Trinajstić information content (AvgIpc) is 3.32. The van der Waals surface area contributed by atoms with Crippen LogP contribution in [-0.4, -0.2) is 60.5 Å². The van der Waals surface area contributed by atoms with Crippen molar-refractivity contribution in [2.75, 3.05) is 18.8 Å². The molecule has 1 aliphatic heterocycles. The lowest BCUT2D eigenvalue weighted by Gasteiger charge is -2.13. The highest BCUT2D eigenvalue weighted by Gasteiger charge is 2.34. The maximum atomic E-state index is 12.6. The maximum absolute atomic E-state index is 12.6. The number of amides is 3. The van der Waals surface area contributed by atoms with Gasteiger partial charge in [-0.25, -0.2) is 0 Å². The van der Waals surface area contributed by atoms with Crippen LogP contribution in [0.25, 0.3) is 11.8 Å². The van der Waals surface area contributed by atoms with Crippen molar-refractivity contribution >= 4 is 46.7 Å². The largest absolute Gasteiger partial charge is 0.354 e. The van der Waals surface area contributed by atoms with Crippen LogP contribution < -0.4 is 5.32 Å². The Morgan fingerprint density at radius 3 is 2.79 bits per heavy atom. The molecule has 174 valence electrons. The summed E-state index contributed by atoms with van der Waals surface area (Å²) in [6.45, 7) is 4.14. The first kappa shape index (κ1) is 23.7. The molecule has 2 aromatic heterocycles. The molecular formula is C23H22N6O3S2. The summed E-state index contributed by atoms with van der Waals surface area (Å²) >= 11 is 2.15. The highest BCUT2D eigenvalue weighted by atomic mass is 32.2. The molecule has 1 fully saturated rings. The van der Waals surface area contributed by atoms with Crippen LogP contribution in [0.4, 0.5) is 4.79 Å². The van der Waals surface area contributed by atoms with Crippen molar-refractivity contribution < 1.29 is 14.4 Å². The Balaban J connectivity index is 1.29. The van der Waals surface area contributed by atoms with Gasteiger partial charge in [-0.15, -0.1) is 10.2 Å². The molecule has 0 aliphatic carbocycles. The summed E-state index contributed by atoms with van der Waals surface area (Å²) in [7, 11) is 0. The van der Waals surface area contributed by atoms with Crippen molar-refractivity contribution in [2.45, 2.75) is 19.0 Å². The van der Waals surface area contributed by atoms with Gasteiger partial charge in [0.1, 0.15) is 5.82 Å². The van der Waals surface area contributed by atoms with Crippen LogP contribution in [0, 0.1) is 13.8 Å². The van der Waals surface area contributed by atoms with Crippen molar-refractivity contribution in [1.29, 1.82) is 0 Å². The summed E-state index contributed by atoms with van der Waals surface area (Å²) in [5.74, 6) is 0.267. The summed E-state index contributed by atoms with van der Waals surface area (Å²) in [4.78, 5) is 42.7. The molecule has 0 saturated carbocycles. The lowest BCUT2D eigenvalue weighted by Crippen LogP contribution is -2.37. The summed E-state index contributed by atoms with van der Waals surface area (Å²) in [6.07, 6.45) is 4.89. The van der Waals surface area contributed by atoms with Gasteiger partial charge in [0.25, 0.3) is 11.1 Å². The Morgan fingerprint density at radius 2 is 2.03 bits per heavy atom. The molecule has 4 rings (SSSR count). The smallest absolute Gasteiger partial charge is 0.293 e. The molecular weight excluding hydrogens is 472 g/mol. The van der Waals surface area contributed by atoms with Crippen LogP contribution in [0.15, 0.2) is 58.9 Å². The number of rotatable bonds is 8. The minimum Gasteiger partial charge on any atom is -0.354 e. The fourth-order valence-corrected chi connectivity index (χ4v) is 4.99. The summed E-state index contributed by atoms with van der Waals surface area (Å²) < 4.78 is 1.90. The Morgan fingerprint density at radius 1 is 1.18 bits per heavy atom. The summed E-state index contributed by atoms with van der Waals surface area (Å²) in [5.41, 5.74) is 2.79. The Bertz CT molecular complexity index is 1260. The van der Waals surface area contributed by atoms with E-state index < -0.39 is 0 Å². The number of aromatic nitrogens is 4. The standard InChI is InChI=1S/C23H22N6O3S2/c1-15-5-3-7-18(11-15)29-16(2)26-27-22(29)33-14-20(30)25-9-10-28-21(31)19(34-23(28)32)12-17-6-4-8-24-13-17/h3-8,11-13H,9-10,14H2,1-2H3,(H,25,30)/b19-12-. The highest BCUT2D eigenvalue weighted by Crippen LogP contribution is 2.31. The SMILES string of the molecule is Cc1cccc(-n2c(C)nnc2SCC(=O)NCCN2C(=O)S/C(=C\c3cccnc3)C2=O)c1. The molecule has 1 saturated heterocycles. The topological polar surface area (TPSA) is 110 Å². The van der Waals surface area contributed by atoms with E-state index in [1.807, 2.05) is 42.7 Å². The highest BCUT2D eigenvalue weighted by molar-refractivity contribution is 8.18. The molecule has 3 amide bonds. The molecule has 1 aromatic carbocycles. The van der Waals surface area contributed by atoms with Crippen LogP contribution >= 0.6 is 23.5 Å². The normalized spacial score (nSPS) is 14.8. The van der Waals surface area contributed by atoms with E-state index in [0.29, 0.717) is 10.1 Å². The summed E-state index contributed by atoms with van der Waals surface area (Å²) in [6, 6.07) is 11.5. The zero-order chi connectivity index (χ0) is 24.1.